The summed E-state index contributed by atoms with van der Waals surface area (Å²) < 4.78 is 4.97. The van der Waals surface area contributed by atoms with E-state index in [0.29, 0.717) is 5.75 Å². The summed E-state index contributed by atoms with van der Waals surface area (Å²) in [7, 11) is 1.43. The molecule has 1 aromatic rings. The molecule has 18 heavy (non-hydrogen) atoms. The average Bonchev–Trinajstić information content (AvgIpc) is 2.37. The highest BCUT2D eigenvalue weighted by Crippen LogP contribution is 2.27. The fourth-order valence-electron chi connectivity index (χ4n) is 1.58. The zero-order valence-electron chi connectivity index (χ0n) is 9.84. The Balaban J connectivity index is 3.14. The van der Waals surface area contributed by atoms with Crippen molar-refractivity contribution in [3.63, 3.8) is 0 Å². The van der Waals surface area contributed by atoms with Gasteiger partial charge in [0.15, 0.2) is 0 Å². The van der Waals surface area contributed by atoms with Gasteiger partial charge in [-0.25, -0.2) is 4.79 Å². The molecule has 1 rings (SSSR count). The number of aliphatic hydroxyl groups is 2. The largest absolute Gasteiger partial charge is 0.497 e. The highest BCUT2D eigenvalue weighted by molar-refractivity contribution is 6.17. The second-order valence-electron chi connectivity index (χ2n) is 3.75. The number of hydrogen-bond acceptors (Lipinski definition) is 4. The van der Waals surface area contributed by atoms with E-state index in [1.807, 2.05) is 0 Å². The number of carboxylic acids is 1. The number of methoxy groups -OCH3 is 1. The Morgan fingerprint density at radius 2 is 2.11 bits per heavy atom. The number of benzene rings is 1. The molecule has 0 saturated heterocycles. The summed E-state index contributed by atoms with van der Waals surface area (Å²) in [5.74, 6) is -0.596. The lowest BCUT2D eigenvalue weighted by Gasteiger charge is -2.19. The standard InChI is InChI=1S/C12H15ClO5/c1-18-7-2-3-8(12(16)17)9(6-7)11(15)10(14)4-5-13/h2-3,6,10-11,14-15H,4-5H2,1H3,(H,16,17). The Kier molecular flexibility index (Phi) is 5.40. The van der Waals surface area contributed by atoms with Crippen LogP contribution in [0.3, 0.4) is 0 Å². The summed E-state index contributed by atoms with van der Waals surface area (Å²) in [6.45, 7) is 0. The topological polar surface area (TPSA) is 87.0 Å². The molecule has 0 aliphatic heterocycles. The van der Waals surface area contributed by atoms with Crippen molar-refractivity contribution >= 4 is 17.6 Å². The van der Waals surface area contributed by atoms with Crippen molar-refractivity contribution < 1.29 is 24.9 Å². The van der Waals surface area contributed by atoms with Gasteiger partial charge in [-0.15, -0.1) is 11.6 Å². The van der Waals surface area contributed by atoms with Gasteiger partial charge in [0, 0.05) is 11.4 Å². The number of aliphatic hydroxyl groups excluding tert-OH is 2. The van der Waals surface area contributed by atoms with Crippen LogP contribution in [0.5, 0.6) is 5.75 Å². The first-order valence-electron chi connectivity index (χ1n) is 5.34. The van der Waals surface area contributed by atoms with E-state index in [2.05, 4.69) is 0 Å². The van der Waals surface area contributed by atoms with Gasteiger partial charge in [-0.1, -0.05) is 0 Å². The maximum absolute atomic E-state index is 11.0. The van der Waals surface area contributed by atoms with E-state index in [9.17, 15) is 15.0 Å². The molecule has 0 fully saturated rings. The van der Waals surface area contributed by atoms with Gasteiger partial charge >= 0.3 is 5.97 Å². The number of ether oxygens (including phenoxy) is 1. The first kappa shape index (κ1) is 14.8. The minimum absolute atomic E-state index is 0.0723. The first-order valence-corrected chi connectivity index (χ1v) is 5.88. The lowest BCUT2D eigenvalue weighted by molar-refractivity contribution is 0.0159. The van der Waals surface area contributed by atoms with Crippen LogP contribution in [0.2, 0.25) is 0 Å². The number of carbonyl (C=O) groups is 1. The second kappa shape index (κ2) is 6.58. The molecule has 0 amide bonds. The van der Waals surface area contributed by atoms with Crippen LogP contribution in [0.15, 0.2) is 18.2 Å². The van der Waals surface area contributed by atoms with Gasteiger partial charge in [0.1, 0.15) is 11.9 Å². The van der Waals surface area contributed by atoms with Crippen LogP contribution in [0, 0.1) is 0 Å². The number of alkyl halides is 1. The lowest BCUT2D eigenvalue weighted by Crippen LogP contribution is -2.21. The van der Waals surface area contributed by atoms with Crippen molar-refractivity contribution in [3.8, 4) is 5.75 Å². The lowest BCUT2D eigenvalue weighted by atomic mass is 9.97. The van der Waals surface area contributed by atoms with Crippen LogP contribution in [-0.4, -0.2) is 40.4 Å². The zero-order valence-corrected chi connectivity index (χ0v) is 10.6. The van der Waals surface area contributed by atoms with Crippen LogP contribution in [0.4, 0.5) is 0 Å². The summed E-state index contributed by atoms with van der Waals surface area (Å²) in [5, 5.41) is 28.6. The highest BCUT2D eigenvalue weighted by atomic mass is 35.5. The van der Waals surface area contributed by atoms with Crippen LogP contribution >= 0.6 is 11.6 Å². The number of aromatic carboxylic acids is 1. The van der Waals surface area contributed by atoms with Crippen molar-refractivity contribution in [2.75, 3.05) is 13.0 Å². The van der Waals surface area contributed by atoms with E-state index in [1.165, 1.54) is 25.3 Å². The molecule has 1 aromatic carbocycles. The summed E-state index contributed by atoms with van der Waals surface area (Å²) >= 11 is 5.48. The predicted octanol–water partition coefficient (Wildman–Crippen LogP) is 1.42. The van der Waals surface area contributed by atoms with Gasteiger partial charge in [-0.05, 0) is 24.6 Å². The van der Waals surface area contributed by atoms with Crippen molar-refractivity contribution in [1.82, 2.24) is 0 Å². The van der Waals surface area contributed by atoms with E-state index >= 15 is 0 Å². The molecule has 0 saturated carbocycles. The molecule has 0 aliphatic carbocycles. The van der Waals surface area contributed by atoms with Crippen LogP contribution in [0.25, 0.3) is 0 Å². The van der Waals surface area contributed by atoms with E-state index in [-0.39, 0.29) is 23.4 Å². The third-order valence-corrected chi connectivity index (χ3v) is 2.80. The molecule has 100 valence electrons. The van der Waals surface area contributed by atoms with Crippen molar-refractivity contribution in [2.45, 2.75) is 18.6 Å². The van der Waals surface area contributed by atoms with Crippen LogP contribution in [-0.2, 0) is 0 Å². The number of halogens is 1. The second-order valence-corrected chi connectivity index (χ2v) is 4.13. The van der Waals surface area contributed by atoms with Gasteiger partial charge < -0.3 is 20.1 Å². The third-order valence-electron chi connectivity index (χ3n) is 2.58. The maximum Gasteiger partial charge on any atom is 0.336 e. The van der Waals surface area contributed by atoms with Gasteiger partial charge in [0.25, 0.3) is 0 Å². The van der Waals surface area contributed by atoms with Gasteiger partial charge in [0.2, 0.25) is 0 Å². The number of carboxylic acid groups (broad SMARTS) is 1. The molecule has 0 aliphatic rings. The molecule has 0 aromatic heterocycles. The smallest absolute Gasteiger partial charge is 0.336 e. The van der Waals surface area contributed by atoms with E-state index in [0.717, 1.165) is 0 Å². The SMILES string of the molecule is COc1ccc(C(=O)O)c(C(O)C(O)CCCl)c1. The Morgan fingerprint density at radius 1 is 1.44 bits per heavy atom. The van der Waals surface area contributed by atoms with Crippen molar-refractivity contribution in [2.24, 2.45) is 0 Å². The molecule has 2 unspecified atom stereocenters. The number of hydrogen-bond donors (Lipinski definition) is 3. The van der Waals surface area contributed by atoms with Gasteiger partial charge in [-0.2, -0.15) is 0 Å². The Hall–Kier alpha value is -1.30. The summed E-state index contributed by atoms with van der Waals surface area (Å²) in [6, 6.07) is 4.20. The maximum atomic E-state index is 11.0. The molecule has 0 bridgehead atoms. The van der Waals surface area contributed by atoms with E-state index < -0.39 is 18.2 Å². The summed E-state index contributed by atoms with van der Waals surface area (Å²) in [5.41, 5.74) is 0.0383. The van der Waals surface area contributed by atoms with Crippen molar-refractivity contribution in [3.05, 3.63) is 29.3 Å². The minimum atomic E-state index is -1.31. The monoisotopic (exact) mass is 274 g/mol. The van der Waals surface area contributed by atoms with Gasteiger partial charge in [0.05, 0.1) is 18.8 Å². The van der Waals surface area contributed by atoms with Crippen LogP contribution in [0.1, 0.15) is 28.4 Å². The quantitative estimate of drug-likeness (QED) is 0.683. The molecular weight excluding hydrogens is 260 g/mol. The van der Waals surface area contributed by atoms with E-state index in [4.69, 9.17) is 21.4 Å². The van der Waals surface area contributed by atoms with Gasteiger partial charge in [-0.3, -0.25) is 0 Å². The average molecular weight is 275 g/mol. The molecule has 2 atom stereocenters. The predicted molar refractivity (Wildman–Crippen MR) is 66.3 cm³/mol. The molecule has 3 N–H and O–H groups in total. The summed E-state index contributed by atoms with van der Waals surface area (Å²) in [4.78, 5) is 11.0. The fourth-order valence-corrected chi connectivity index (χ4v) is 1.81. The van der Waals surface area contributed by atoms with Crippen molar-refractivity contribution in [1.29, 1.82) is 0 Å². The Labute approximate surface area is 110 Å². The third kappa shape index (κ3) is 3.35. The normalized spacial score (nSPS) is 14.0. The zero-order chi connectivity index (χ0) is 13.7. The Bertz CT molecular complexity index is 421. The first-order chi connectivity index (χ1) is 8.51. The molecule has 0 spiro atoms. The number of rotatable bonds is 6. The minimum Gasteiger partial charge on any atom is -0.497 e. The van der Waals surface area contributed by atoms with Crippen LogP contribution < -0.4 is 4.74 Å². The molecule has 6 heteroatoms. The molecule has 0 heterocycles. The van der Waals surface area contributed by atoms with E-state index in [1.54, 1.807) is 0 Å². The Morgan fingerprint density at radius 3 is 2.61 bits per heavy atom. The molecular formula is C12H15ClO5. The summed E-state index contributed by atoms with van der Waals surface area (Å²) in [6.07, 6.45) is -2.27. The fraction of sp³-hybridized carbons (Fsp3) is 0.417. The highest BCUT2D eigenvalue weighted by Gasteiger charge is 2.23. The molecule has 5 nitrogen and oxygen atoms in total. The molecule has 0 radical (unpaired) electrons.